The minimum Gasteiger partial charge on any atom is -0.494 e. The maximum atomic E-state index is 12.5. The summed E-state index contributed by atoms with van der Waals surface area (Å²) >= 11 is 5.89. The summed E-state index contributed by atoms with van der Waals surface area (Å²) in [6, 6.07) is 11.2. The zero-order chi connectivity index (χ0) is 19.3. The highest BCUT2D eigenvalue weighted by Gasteiger charge is 2.22. The lowest BCUT2D eigenvalue weighted by Gasteiger charge is -2.17. The standard InChI is InChI=1S/C18H20ClN3O4/c1-11(13-4-6-14(19)7-5-13)20-12(2)18(23)21-16-9-8-15(22(24)25)10-17(16)26-3/h4-12,20H,1-3H3,(H,21,23)/p+1/t11-,12-/m0/s1. The van der Waals surface area contributed by atoms with Crippen LogP contribution in [0, 0.1) is 10.1 Å². The molecule has 0 aliphatic rings. The molecule has 2 aromatic rings. The van der Waals surface area contributed by atoms with Crippen LogP contribution in [0.4, 0.5) is 11.4 Å². The summed E-state index contributed by atoms with van der Waals surface area (Å²) < 4.78 is 5.14. The van der Waals surface area contributed by atoms with Gasteiger partial charge in [0.05, 0.1) is 23.8 Å². The van der Waals surface area contributed by atoms with Gasteiger partial charge in [-0.2, -0.15) is 0 Å². The second-order valence-corrected chi connectivity index (χ2v) is 6.39. The number of halogens is 1. The van der Waals surface area contributed by atoms with Crippen LogP contribution in [0.15, 0.2) is 42.5 Å². The Morgan fingerprint density at radius 2 is 1.88 bits per heavy atom. The van der Waals surface area contributed by atoms with E-state index in [9.17, 15) is 14.9 Å². The Kier molecular flexibility index (Phi) is 6.54. The van der Waals surface area contributed by atoms with Gasteiger partial charge in [0.15, 0.2) is 6.04 Å². The molecule has 138 valence electrons. The predicted molar refractivity (Wildman–Crippen MR) is 99.5 cm³/mol. The number of nitro benzene ring substituents is 1. The Morgan fingerprint density at radius 1 is 1.23 bits per heavy atom. The lowest BCUT2D eigenvalue weighted by Crippen LogP contribution is -2.91. The summed E-state index contributed by atoms with van der Waals surface area (Å²) in [5.41, 5.74) is 1.35. The molecule has 0 aromatic heterocycles. The van der Waals surface area contributed by atoms with Crippen molar-refractivity contribution in [1.29, 1.82) is 0 Å². The number of methoxy groups -OCH3 is 1. The van der Waals surface area contributed by atoms with E-state index in [-0.39, 0.29) is 29.4 Å². The lowest BCUT2D eigenvalue weighted by molar-refractivity contribution is -0.709. The summed E-state index contributed by atoms with van der Waals surface area (Å²) in [6.07, 6.45) is 0. The summed E-state index contributed by atoms with van der Waals surface area (Å²) in [5, 5.41) is 16.2. The van der Waals surface area contributed by atoms with Crippen LogP contribution >= 0.6 is 11.6 Å². The molecule has 2 rings (SSSR count). The Hall–Kier alpha value is -2.64. The molecule has 0 spiro atoms. The molecule has 0 saturated carbocycles. The lowest BCUT2D eigenvalue weighted by atomic mass is 10.1. The van der Waals surface area contributed by atoms with Gasteiger partial charge in [0.2, 0.25) is 0 Å². The van der Waals surface area contributed by atoms with Crippen molar-refractivity contribution in [2.45, 2.75) is 25.9 Å². The fourth-order valence-electron chi connectivity index (χ4n) is 2.54. The first-order valence-electron chi connectivity index (χ1n) is 8.05. The number of carbonyl (C=O) groups is 1. The highest BCUT2D eigenvalue weighted by Crippen LogP contribution is 2.29. The number of carbonyl (C=O) groups excluding carboxylic acids is 1. The van der Waals surface area contributed by atoms with E-state index in [1.807, 2.05) is 36.5 Å². The molecule has 8 heteroatoms. The monoisotopic (exact) mass is 378 g/mol. The molecule has 7 nitrogen and oxygen atoms in total. The van der Waals surface area contributed by atoms with Gasteiger partial charge in [0, 0.05) is 16.7 Å². The molecule has 0 unspecified atom stereocenters. The van der Waals surface area contributed by atoms with Crippen molar-refractivity contribution in [1.82, 2.24) is 0 Å². The molecule has 0 aliphatic heterocycles. The van der Waals surface area contributed by atoms with Crippen molar-refractivity contribution in [2.75, 3.05) is 12.4 Å². The van der Waals surface area contributed by atoms with Crippen LogP contribution in [0.25, 0.3) is 0 Å². The summed E-state index contributed by atoms with van der Waals surface area (Å²) in [6.45, 7) is 3.79. The number of hydrogen-bond donors (Lipinski definition) is 2. The Labute approximate surface area is 156 Å². The molecule has 0 fully saturated rings. The van der Waals surface area contributed by atoms with Crippen LogP contribution < -0.4 is 15.4 Å². The number of rotatable bonds is 7. The molecule has 0 heterocycles. The maximum absolute atomic E-state index is 12.5. The number of ether oxygens (including phenoxy) is 1. The SMILES string of the molecule is COc1cc([N+](=O)[O-])ccc1NC(=O)[C@H](C)[NH2+][C@@H](C)c1ccc(Cl)cc1. The van der Waals surface area contributed by atoms with Gasteiger partial charge in [-0.3, -0.25) is 14.9 Å². The first kappa shape index (κ1) is 19.7. The third-order valence-electron chi connectivity index (χ3n) is 4.04. The molecule has 3 N–H and O–H groups in total. The third-order valence-corrected chi connectivity index (χ3v) is 4.29. The highest BCUT2D eigenvalue weighted by atomic mass is 35.5. The molecule has 1 amide bonds. The summed E-state index contributed by atoms with van der Waals surface area (Å²) in [5.74, 6) is 0.0171. The molecular weight excluding hydrogens is 358 g/mol. The summed E-state index contributed by atoms with van der Waals surface area (Å²) in [7, 11) is 1.40. The van der Waals surface area contributed by atoms with Gasteiger partial charge in [0.25, 0.3) is 11.6 Å². The van der Waals surface area contributed by atoms with Gasteiger partial charge in [0.1, 0.15) is 11.8 Å². The Balaban J connectivity index is 2.04. The first-order chi connectivity index (χ1) is 12.3. The molecule has 0 radical (unpaired) electrons. The number of nitrogens with two attached hydrogens (primary N) is 1. The highest BCUT2D eigenvalue weighted by molar-refractivity contribution is 6.30. The smallest absolute Gasteiger partial charge is 0.282 e. The van der Waals surface area contributed by atoms with Gasteiger partial charge in [-0.05, 0) is 32.0 Å². The van der Waals surface area contributed by atoms with Crippen LogP contribution in [-0.4, -0.2) is 24.0 Å². The number of nitrogens with zero attached hydrogens (tertiary/aromatic N) is 1. The Morgan fingerprint density at radius 3 is 2.46 bits per heavy atom. The van der Waals surface area contributed by atoms with Crippen LogP contribution in [0.2, 0.25) is 5.02 Å². The molecule has 26 heavy (non-hydrogen) atoms. The maximum Gasteiger partial charge on any atom is 0.282 e. The number of amides is 1. The van der Waals surface area contributed by atoms with E-state index in [0.29, 0.717) is 10.7 Å². The summed E-state index contributed by atoms with van der Waals surface area (Å²) in [4.78, 5) is 22.8. The third kappa shape index (κ3) is 4.93. The molecule has 0 bridgehead atoms. The van der Waals surface area contributed by atoms with Crippen molar-refractivity contribution in [3.05, 3.63) is 63.2 Å². The molecule has 0 saturated heterocycles. The minimum absolute atomic E-state index is 0.0618. The van der Waals surface area contributed by atoms with E-state index < -0.39 is 4.92 Å². The fourth-order valence-corrected chi connectivity index (χ4v) is 2.67. The molecule has 0 aliphatic carbocycles. The number of nitro groups is 1. The number of non-ortho nitro benzene ring substituents is 1. The zero-order valence-electron chi connectivity index (χ0n) is 14.7. The van der Waals surface area contributed by atoms with Crippen molar-refractivity contribution in [3.8, 4) is 5.75 Å². The number of hydrogen-bond acceptors (Lipinski definition) is 4. The van der Waals surface area contributed by atoms with Gasteiger partial charge < -0.3 is 15.4 Å². The second kappa shape index (κ2) is 8.64. The van der Waals surface area contributed by atoms with E-state index >= 15 is 0 Å². The topological polar surface area (TPSA) is 98.1 Å². The minimum atomic E-state index is -0.516. The quantitative estimate of drug-likeness (QED) is 0.571. The first-order valence-corrected chi connectivity index (χ1v) is 8.43. The van der Waals surface area contributed by atoms with Crippen molar-refractivity contribution >= 4 is 28.9 Å². The van der Waals surface area contributed by atoms with Crippen LogP contribution in [0.3, 0.4) is 0 Å². The van der Waals surface area contributed by atoms with Crippen LogP contribution in [-0.2, 0) is 4.79 Å². The van der Waals surface area contributed by atoms with E-state index in [0.717, 1.165) is 5.56 Å². The van der Waals surface area contributed by atoms with Crippen LogP contribution in [0.1, 0.15) is 25.5 Å². The van der Waals surface area contributed by atoms with Crippen molar-refractivity contribution in [2.24, 2.45) is 0 Å². The molecular formula is C18H21ClN3O4+. The second-order valence-electron chi connectivity index (χ2n) is 5.95. The number of nitrogens with one attached hydrogen (secondary N) is 1. The average Bonchev–Trinajstić information content (AvgIpc) is 2.62. The number of quaternary nitrogens is 1. The van der Waals surface area contributed by atoms with E-state index in [2.05, 4.69) is 5.32 Å². The van der Waals surface area contributed by atoms with Gasteiger partial charge in [-0.1, -0.05) is 23.7 Å². The molecule has 2 atom stereocenters. The fraction of sp³-hybridized carbons (Fsp3) is 0.278. The van der Waals surface area contributed by atoms with Gasteiger partial charge in [-0.25, -0.2) is 0 Å². The van der Waals surface area contributed by atoms with E-state index in [1.165, 1.54) is 25.3 Å². The number of benzene rings is 2. The van der Waals surface area contributed by atoms with E-state index in [4.69, 9.17) is 16.3 Å². The zero-order valence-corrected chi connectivity index (χ0v) is 15.5. The normalized spacial score (nSPS) is 12.9. The van der Waals surface area contributed by atoms with Crippen molar-refractivity contribution in [3.63, 3.8) is 0 Å². The Bertz CT molecular complexity index is 796. The van der Waals surface area contributed by atoms with E-state index in [1.54, 1.807) is 6.92 Å². The average molecular weight is 379 g/mol. The molecule has 2 aromatic carbocycles. The van der Waals surface area contributed by atoms with Crippen LogP contribution in [0.5, 0.6) is 5.75 Å². The van der Waals surface area contributed by atoms with Gasteiger partial charge >= 0.3 is 0 Å². The van der Waals surface area contributed by atoms with Crippen molar-refractivity contribution < 1.29 is 19.8 Å². The largest absolute Gasteiger partial charge is 0.494 e. The van der Waals surface area contributed by atoms with Gasteiger partial charge in [-0.15, -0.1) is 0 Å². The predicted octanol–water partition coefficient (Wildman–Crippen LogP) is 2.91. The number of anilines is 1.